The second-order valence-electron chi connectivity index (χ2n) is 5.17. The summed E-state index contributed by atoms with van der Waals surface area (Å²) in [5.74, 6) is 0.675. The number of hydrogen-bond acceptors (Lipinski definition) is 2. The van der Waals surface area contributed by atoms with Gasteiger partial charge in [-0.25, -0.2) is 4.39 Å². The van der Waals surface area contributed by atoms with Gasteiger partial charge in [-0.2, -0.15) is 0 Å². The molecule has 0 aliphatic heterocycles. The Kier molecular flexibility index (Phi) is 4.23. The van der Waals surface area contributed by atoms with Gasteiger partial charge >= 0.3 is 0 Å². The summed E-state index contributed by atoms with van der Waals surface area (Å²) in [7, 11) is 1.88. The van der Waals surface area contributed by atoms with Crippen molar-refractivity contribution in [2.45, 2.75) is 51.7 Å². The molecule has 1 N–H and O–H groups in total. The predicted molar refractivity (Wildman–Crippen MR) is 71.5 cm³/mol. The van der Waals surface area contributed by atoms with Crippen molar-refractivity contribution in [2.75, 3.05) is 7.05 Å². The van der Waals surface area contributed by atoms with Gasteiger partial charge in [0.1, 0.15) is 11.6 Å². The largest absolute Gasteiger partial charge is 0.490 e. The Bertz CT molecular complexity index is 413. The van der Waals surface area contributed by atoms with E-state index < -0.39 is 0 Å². The first kappa shape index (κ1) is 13.3. The molecule has 3 heteroatoms. The van der Waals surface area contributed by atoms with Crippen LogP contribution in [0.2, 0.25) is 0 Å². The smallest absolute Gasteiger partial charge is 0.126 e. The molecule has 0 saturated heterocycles. The molecule has 1 aliphatic rings. The van der Waals surface area contributed by atoms with Crippen molar-refractivity contribution in [3.8, 4) is 5.75 Å². The van der Waals surface area contributed by atoms with E-state index in [9.17, 15) is 4.39 Å². The van der Waals surface area contributed by atoms with Crippen LogP contribution in [0.15, 0.2) is 12.1 Å². The maximum atomic E-state index is 13.7. The van der Waals surface area contributed by atoms with E-state index in [1.165, 1.54) is 12.8 Å². The summed E-state index contributed by atoms with van der Waals surface area (Å²) in [4.78, 5) is 0. The molecular weight excluding hydrogens is 229 g/mol. The van der Waals surface area contributed by atoms with E-state index in [0.717, 1.165) is 24.2 Å². The Hall–Kier alpha value is -1.09. The van der Waals surface area contributed by atoms with Gasteiger partial charge in [-0.3, -0.25) is 0 Å². The van der Waals surface area contributed by atoms with E-state index in [-0.39, 0.29) is 11.9 Å². The maximum absolute atomic E-state index is 13.7. The molecule has 0 radical (unpaired) electrons. The lowest BCUT2D eigenvalue weighted by atomic mass is 10.0. The first-order valence-electron chi connectivity index (χ1n) is 6.75. The zero-order chi connectivity index (χ0) is 13.1. The Balaban J connectivity index is 2.27. The molecule has 0 aromatic heterocycles. The van der Waals surface area contributed by atoms with Crippen molar-refractivity contribution in [3.63, 3.8) is 0 Å². The van der Waals surface area contributed by atoms with Gasteiger partial charge < -0.3 is 10.1 Å². The third-order valence-electron chi connectivity index (χ3n) is 3.79. The minimum atomic E-state index is -0.161. The normalized spacial score (nSPS) is 18.0. The highest BCUT2D eigenvalue weighted by molar-refractivity contribution is 5.40. The summed E-state index contributed by atoms with van der Waals surface area (Å²) in [6.07, 6.45) is 5.01. The number of ether oxygens (including phenoxy) is 1. The monoisotopic (exact) mass is 251 g/mol. The van der Waals surface area contributed by atoms with Crippen LogP contribution in [0, 0.1) is 12.7 Å². The molecule has 1 fully saturated rings. The fourth-order valence-electron chi connectivity index (χ4n) is 2.45. The summed E-state index contributed by atoms with van der Waals surface area (Å²) < 4.78 is 19.7. The lowest BCUT2D eigenvalue weighted by Gasteiger charge is -2.20. The van der Waals surface area contributed by atoms with Gasteiger partial charge in [-0.05, 0) is 64.3 Å². The van der Waals surface area contributed by atoms with E-state index >= 15 is 0 Å². The van der Waals surface area contributed by atoms with Crippen molar-refractivity contribution in [1.29, 1.82) is 0 Å². The van der Waals surface area contributed by atoms with Gasteiger partial charge in [0.25, 0.3) is 0 Å². The van der Waals surface area contributed by atoms with Crippen molar-refractivity contribution >= 4 is 0 Å². The first-order valence-corrected chi connectivity index (χ1v) is 6.75. The quantitative estimate of drug-likeness (QED) is 0.880. The summed E-state index contributed by atoms with van der Waals surface area (Å²) in [6, 6.07) is 3.52. The van der Waals surface area contributed by atoms with E-state index in [4.69, 9.17) is 4.74 Å². The predicted octanol–water partition coefficient (Wildman–Crippen LogP) is 3.74. The molecule has 0 heterocycles. The van der Waals surface area contributed by atoms with Gasteiger partial charge in [-0.15, -0.1) is 0 Å². The minimum absolute atomic E-state index is 0.0940. The van der Waals surface area contributed by atoms with E-state index in [1.807, 2.05) is 20.0 Å². The van der Waals surface area contributed by atoms with Crippen molar-refractivity contribution in [1.82, 2.24) is 5.32 Å². The molecule has 1 aliphatic carbocycles. The molecule has 1 atom stereocenters. The van der Waals surface area contributed by atoms with Gasteiger partial charge in [-0.1, -0.05) is 0 Å². The summed E-state index contributed by atoms with van der Waals surface area (Å²) in [6.45, 7) is 3.80. The van der Waals surface area contributed by atoms with Gasteiger partial charge in [0, 0.05) is 11.6 Å². The van der Waals surface area contributed by atoms with Crippen LogP contribution in [0.4, 0.5) is 4.39 Å². The first-order chi connectivity index (χ1) is 8.61. The number of benzene rings is 1. The molecule has 100 valence electrons. The third-order valence-corrected chi connectivity index (χ3v) is 3.79. The standard InChI is InChI=1S/C15H22FNO/c1-10-8-15(18-12-6-4-5-7-12)13(9-14(10)16)11(2)17-3/h8-9,11-12,17H,4-7H2,1-3H3. The number of halogens is 1. The van der Waals surface area contributed by atoms with Crippen LogP contribution < -0.4 is 10.1 Å². The van der Waals surface area contributed by atoms with Crippen LogP contribution in [0.5, 0.6) is 5.75 Å². The molecule has 0 spiro atoms. The number of hydrogen-bond donors (Lipinski definition) is 1. The summed E-state index contributed by atoms with van der Waals surface area (Å²) in [5.41, 5.74) is 1.56. The van der Waals surface area contributed by atoms with Crippen LogP contribution in [0.25, 0.3) is 0 Å². The molecule has 1 aromatic carbocycles. The molecule has 2 rings (SSSR count). The van der Waals surface area contributed by atoms with E-state index in [2.05, 4.69) is 5.32 Å². The molecule has 1 aromatic rings. The third kappa shape index (κ3) is 2.83. The summed E-state index contributed by atoms with van der Waals surface area (Å²) >= 11 is 0. The summed E-state index contributed by atoms with van der Waals surface area (Å²) in [5, 5.41) is 3.15. The molecule has 2 nitrogen and oxygen atoms in total. The molecule has 1 unspecified atom stereocenters. The number of rotatable bonds is 4. The number of nitrogens with one attached hydrogen (secondary N) is 1. The highest BCUT2D eigenvalue weighted by Crippen LogP contribution is 2.31. The number of aryl methyl sites for hydroxylation is 1. The van der Waals surface area contributed by atoms with Crippen molar-refractivity contribution < 1.29 is 9.13 Å². The lowest BCUT2D eigenvalue weighted by molar-refractivity contribution is 0.206. The molecule has 0 bridgehead atoms. The van der Waals surface area contributed by atoms with Gasteiger partial charge in [0.15, 0.2) is 0 Å². The highest BCUT2D eigenvalue weighted by atomic mass is 19.1. The second-order valence-corrected chi connectivity index (χ2v) is 5.17. The van der Waals surface area contributed by atoms with Crippen LogP contribution in [-0.2, 0) is 0 Å². The minimum Gasteiger partial charge on any atom is -0.490 e. The fraction of sp³-hybridized carbons (Fsp3) is 0.600. The average Bonchev–Trinajstić information content (AvgIpc) is 2.85. The van der Waals surface area contributed by atoms with Crippen molar-refractivity contribution in [3.05, 3.63) is 29.1 Å². The average molecular weight is 251 g/mol. The van der Waals surface area contributed by atoms with E-state index in [0.29, 0.717) is 11.7 Å². The lowest BCUT2D eigenvalue weighted by Crippen LogP contribution is -2.17. The highest BCUT2D eigenvalue weighted by Gasteiger charge is 2.20. The van der Waals surface area contributed by atoms with Crippen molar-refractivity contribution in [2.24, 2.45) is 0 Å². The van der Waals surface area contributed by atoms with Crippen LogP contribution in [-0.4, -0.2) is 13.2 Å². The van der Waals surface area contributed by atoms with Gasteiger partial charge in [0.05, 0.1) is 6.10 Å². The Morgan fingerprint density at radius 2 is 2.00 bits per heavy atom. The zero-order valence-corrected chi connectivity index (χ0v) is 11.4. The van der Waals surface area contributed by atoms with Crippen LogP contribution >= 0.6 is 0 Å². The maximum Gasteiger partial charge on any atom is 0.126 e. The molecule has 1 saturated carbocycles. The zero-order valence-electron chi connectivity index (χ0n) is 11.4. The molecular formula is C15H22FNO. The fourth-order valence-corrected chi connectivity index (χ4v) is 2.45. The Morgan fingerprint density at radius 3 is 2.61 bits per heavy atom. The van der Waals surface area contributed by atoms with E-state index in [1.54, 1.807) is 13.0 Å². The van der Waals surface area contributed by atoms with Crippen LogP contribution in [0.1, 0.15) is 49.8 Å². The Labute approximate surface area is 109 Å². The van der Waals surface area contributed by atoms with Crippen LogP contribution in [0.3, 0.4) is 0 Å². The SMILES string of the molecule is CNC(C)c1cc(F)c(C)cc1OC1CCCC1. The molecule has 18 heavy (non-hydrogen) atoms. The topological polar surface area (TPSA) is 21.3 Å². The Morgan fingerprint density at radius 1 is 1.33 bits per heavy atom. The second kappa shape index (κ2) is 5.70. The van der Waals surface area contributed by atoms with Gasteiger partial charge in [0.2, 0.25) is 0 Å². The molecule has 0 amide bonds.